The first-order chi connectivity index (χ1) is 12.2. The van der Waals surface area contributed by atoms with E-state index in [4.69, 9.17) is 0 Å². The Labute approximate surface area is 150 Å². The van der Waals surface area contributed by atoms with Crippen LogP contribution in [0.2, 0.25) is 0 Å². The summed E-state index contributed by atoms with van der Waals surface area (Å²) in [4.78, 5) is 5.64. The highest BCUT2D eigenvalue weighted by atomic mass is 32.1. The van der Waals surface area contributed by atoms with Gasteiger partial charge in [0.25, 0.3) is 0 Å². The number of thiazole rings is 1. The smallest absolute Gasteiger partial charge is 0.183 e. The van der Waals surface area contributed by atoms with Crippen molar-refractivity contribution >= 4 is 22.1 Å². The quantitative estimate of drug-likeness (QED) is 0.566. The number of fused-ring (bicyclic) bond motifs is 1. The van der Waals surface area contributed by atoms with E-state index in [0.717, 1.165) is 38.8 Å². The minimum absolute atomic E-state index is 0.416. The Morgan fingerprint density at radius 1 is 1.20 bits per heavy atom. The number of pyridine rings is 1. The van der Waals surface area contributed by atoms with Crippen molar-refractivity contribution in [3.05, 3.63) is 55.1 Å². The van der Waals surface area contributed by atoms with E-state index in [1.165, 1.54) is 0 Å². The van der Waals surface area contributed by atoms with Gasteiger partial charge in [-0.05, 0) is 25.0 Å². The summed E-state index contributed by atoms with van der Waals surface area (Å²) in [5.41, 5.74) is 4.17. The number of nitrogens with one attached hydrogen (secondary N) is 1. The lowest BCUT2D eigenvalue weighted by Gasteiger charge is -2.09. The second-order valence-corrected chi connectivity index (χ2v) is 7.08. The van der Waals surface area contributed by atoms with Gasteiger partial charge in [0.15, 0.2) is 10.8 Å². The van der Waals surface area contributed by atoms with E-state index in [1.807, 2.05) is 28.8 Å². The average molecular weight is 349 g/mol. The molecule has 126 valence electrons. The molecular formula is C19H19N5S. The lowest BCUT2D eigenvalue weighted by atomic mass is 10.0. The minimum atomic E-state index is 0.416. The summed E-state index contributed by atoms with van der Waals surface area (Å²) in [5, 5.41) is 12.7. The van der Waals surface area contributed by atoms with Gasteiger partial charge >= 0.3 is 0 Å². The maximum absolute atomic E-state index is 4.52. The number of rotatable bonds is 5. The molecule has 0 amide bonds. The Balaban J connectivity index is 1.78. The fourth-order valence-corrected chi connectivity index (χ4v) is 3.60. The number of benzene rings is 1. The van der Waals surface area contributed by atoms with Crippen LogP contribution in [0.4, 0.5) is 5.13 Å². The van der Waals surface area contributed by atoms with E-state index in [9.17, 15) is 0 Å². The van der Waals surface area contributed by atoms with Crippen molar-refractivity contribution in [3.8, 4) is 21.6 Å². The van der Waals surface area contributed by atoms with Crippen molar-refractivity contribution in [3.63, 3.8) is 0 Å². The van der Waals surface area contributed by atoms with E-state index in [1.54, 1.807) is 17.7 Å². The van der Waals surface area contributed by atoms with Gasteiger partial charge in [-0.1, -0.05) is 48.6 Å². The van der Waals surface area contributed by atoms with E-state index in [0.29, 0.717) is 6.04 Å². The highest BCUT2D eigenvalue weighted by Gasteiger charge is 2.12. The lowest BCUT2D eigenvalue weighted by molar-refractivity contribution is 0.763. The predicted octanol–water partition coefficient (Wildman–Crippen LogP) is 4.73. The molecule has 0 aliphatic heterocycles. The van der Waals surface area contributed by atoms with Crippen molar-refractivity contribution in [2.24, 2.45) is 0 Å². The monoisotopic (exact) mass is 349 g/mol. The maximum atomic E-state index is 4.52. The second kappa shape index (κ2) is 6.64. The van der Waals surface area contributed by atoms with Gasteiger partial charge in [0.2, 0.25) is 0 Å². The van der Waals surface area contributed by atoms with Crippen LogP contribution in [0.15, 0.2) is 55.1 Å². The molecule has 1 atom stereocenters. The van der Waals surface area contributed by atoms with Crippen LogP contribution in [0.5, 0.6) is 0 Å². The van der Waals surface area contributed by atoms with Gasteiger partial charge in [-0.3, -0.25) is 4.40 Å². The summed E-state index contributed by atoms with van der Waals surface area (Å²) >= 11 is 1.67. The van der Waals surface area contributed by atoms with Crippen LogP contribution in [0, 0.1) is 0 Å². The van der Waals surface area contributed by atoms with Crippen molar-refractivity contribution < 1.29 is 0 Å². The summed E-state index contributed by atoms with van der Waals surface area (Å²) in [6, 6.07) is 12.9. The Morgan fingerprint density at radius 3 is 2.84 bits per heavy atom. The molecule has 1 aromatic carbocycles. The van der Waals surface area contributed by atoms with E-state index >= 15 is 0 Å². The SMILES string of the molecule is CC[C@@H](C)Nc1ncc(-c2cc(-c3ccccc3)c3nncn3c2)s1. The number of aromatic nitrogens is 4. The molecule has 5 nitrogen and oxygen atoms in total. The molecule has 4 rings (SSSR count). The number of anilines is 1. The molecule has 0 radical (unpaired) electrons. The van der Waals surface area contributed by atoms with Gasteiger partial charge in [-0.2, -0.15) is 0 Å². The third-order valence-corrected chi connectivity index (χ3v) is 5.23. The standard InChI is InChI=1S/C19H19N5S/c1-3-13(2)22-19-20-10-17(25-19)15-9-16(14-7-5-4-6-8-14)18-23-21-12-24(18)11-15/h4-13H,3H2,1-2H3,(H,20,22)/t13-/m1/s1. The molecule has 0 saturated heterocycles. The Morgan fingerprint density at radius 2 is 2.04 bits per heavy atom. The summed E-state index contributed by atoms with van der Waals surface area (Å²) in [6.07, 6.45) is 6.79. The predicted molar refractivity (Wildman–Crippen MR) is 103 cm³/mol. The third-order valence-electron chi connectivity index (χ3n) is 4.25. The molecular weight excluding hydrogens is 330 g/mol. The van der Waals surface area contributed by atoms with Crippen molar-refractivity contribution in [1.29, 1.82) is 0 Å². The zero-order valence-electron chi connectivity index (χ0n) is 14.2. The molecule has 0 unspecified atom stereocenters. The first kappa shape index (κ1) is 15.8. The number of hydrogen-bond acceptors (Lipinski definition) is 5. The van der Waals surface area contributed by atoms with Crippen LogP contribution in [0.1, 0.15) is 20.3 Å². The normalized spacial score (nSPS) is 12.4. The van der Waals surface area contributed by atoms with Crippen LogP contribution in [0.3, 0.4) is 0 Å². The molecule has 0 bridgehead atoms. The molecule has 0 spiro atoms. The van der Waals surface area contributed by atoms with Gasteiger partial charge in [0.1, 0.15) is 6.33 Å². The molecule has 0 saturated carbocycles. The lowest BCUT2D eigenvalue weighted by Crippen LogP contribution is -2.12. The molecule has 3 heterocycles. The topological polar surface area (TPSA) is 55.1 Å². The van der Waals surface area contributed by atoms with Gasteiger partial charge in [0, 0.05) is 29.6 Å². The highest BCUT2D eigenvalue weighted by Crippen LogP contribution is 2.33. The van der Waals surface area contributed by atoms with Crippen LogP contribution < -0.4 is 5.32 Å². The third kappa shape index (κ3) is 3.13. The van der Waals surface area contributed by atoms with E-state index < -0.39 is 0 Å². The number of hydrogen-bond donors (Lipinski definition) is 1. The first-order valence-corrected chi connectivity index (χ1v) is 9.18. The summed E-state index contributed by atoms with van der Waals surface area (Å²) < 4.78 is 1.97. The summed E-state index contributed by atoms with van der Waals surface area (Å²) in [6.45, 7) is 4.33. The number of nitrogens with zero attached hydrogens (tertiary/aromatic N) is 4. The van der Waals surface area contributed by atoms with Gasteiger partial charge < -0.3 is 5.32 Å². The fourth-order valence-electron chi connectivity index (χ4n) is 2.69. The van der Waals surface area contributed by atoms with Crippen LogP contribution in [0.25, 0.3) is 27.2 Å². The molecule has 1 N–H and O–H groups in total. The zero-order valence-corrected chi connectivity index (χ0v) is 15.0. The fraction of sp³-hybridized carbons (Fsp3) is 0.211. The molecule has 3 aromatic heterocycles. The Bertz CT molecular complexity index is 989. The highest BCUT2D eigenvalue weighted by molar-refractivity contribution is 7.18. The van der Waals surface area contributed by atoms with Crippen molar-refractivity contribution in [2.45, 2.75) is 26.3 Å². The Kier molecular flexibility index (Phi) is 4.19. The molecule has 0 aliphatic rings. The van der Waals surface area contributed by atoms with Crippen LogP contribution in [-0.2, 0) is 0 Å². The van der Waals surface area contributed by atoms with Gasteiger partial charge in [0.05, 0.1) is 4.88 Å². The second-order valence-electron chi connectivity index (χ2n) is 6.05. The Hall–Kier alpha value is -2.73. The first-order valence-electron chi connectivity index (χ1n) is 8.36. The molecule has 4 aromatic rings. The average Bonchev–Trinajstić information content (AvgIpc) is 3.30. The molecule has 6 heteroatoms. The largest absolute Gasteiger partial charge is 0.359 e. The molecule has 25 heavy (non-hydrogen) atoms. The zero-order chi connectivity index (χ0) is 17.2. The van der Waals surface area contributed by atoms with Gasteiger partial charge in [-0.25, -0.2) is 4.98 Å². The van der Waals surface area contributed by atoms with Gasteiger partial charge in [-0.15, -0.1) is 10.2 Å². The van der Waals surface area contributed by atoms with Crippen LogP contribution >= 0.6 is 11.3 Å². The van der Waals surface area contributed by atoms with E-state index in [2.05, 4.69) is 58.7 Å². The van der Waals surface area contributed by atoms with Crippen molar-refractivity contribution in [2.75, 3.05) is 5.32 Å². The van der Waals surface area contributed by atoms with Crippen LogP contribution in [-0.4, -0.2) is 25.6 Å². The summed E-state index contributed by atoms with van der Waals surface area (Å²) in [5.74, 6) is 0. The summed E-state index contributed by atoms with van der Waals surface area (Å²) in [7, 11) is 0. The molecule has 0 fully saturated rings. The molecule has 0 aliphatic carbocycles. The maximum Gasteiger partial charge on any atom is 0.183 e. The van der Waals surface area contributed by atoms with E-state index in [-0.39, 0.29) is 0 Å². The minimum Gasteiger partial charge on any atom is -0.359 e. The van der Waals surface area contributed by atoms with Crippen molar-refractivity contribution in [1.82, 2.24) is 19.6 Å².